The number of nitrogens with two attached hydrogens (primary N) is 1. The molecule has 1 aliphatic rings. The fourth-order valence-electron chi connectivity index (χ4n) is 2.81. The van der Waals surface area contributed by atoms with Gasteiger partial charge >= 0.3 is 0 Å². The lowest BCUT2D eigenvalue weighted by molar-refractivity contribution is 0.382. The molecule has 2 rings (SSSR count). The summed E-state index contributed by atoms with van der Waals surface area (Å²) in [7, 11) is -1.27. The molecule has 7 heteroatoms. The maximum atomic E-state index is 11.5. The molecule has 20 heavy (non-hydrogen) atoms. The average molecular weight is 301 g/mol. The first kappa shape index (κ1) is 15.3. The third kappa shape index (κ3) is 3.15. The van der Waals surface area contributed by atoms with Crippen LogP contribution in [0.2, 0.25) is 0 Å². The first-order valence-electron chi connectivity index (χ1n) is 6.91. The summed E-state index contributed by atoms with van der Waals surface area (Å²) in [6.45, 7) is 4.06. The summed E-state index contributed by atoms with van der Waals surface area (Å²) in [5.41, 5.74) is 7.14. The Hall–Kier alpha value is -1.08. The maximum Gasteiger partial charge on any atom is 0.161 e. The number of aromatic nitrogens is 2. The van der Waals surface area contributed by atoms with Gasteiger partial charge in [0.2, 0.25) is 0 Å². The molecule has 0 saturated carbocycles. The standard InChI is InChI=1S/C13H23N3O3S/c1-9(2)16-13(12(19-3)7-15-16)11(14)6-10-4-5-20(17,18)8-10/h7,9-11H,4-6,8,14H2,1-3H3. The van der Waals surface area contributed by atoms with Gasteiger partial charge in [-0.15, -0.1) is 0 Å². The lowest BCUT2D eigenvalue weighted by atomic mass is 9.97. The minimum absolute atomic E-state index is 0.134. The third-order valence-electron chi connectivity index (χ3n) is 3.77. The molecule has 2 N–H and O–H groups in total. The van der Waals surface area contributed by atoms with Gasteiger partial charge in [0.05, 0.1) is 36.5 Å². The largest absolute Gasteiger partial charge is 0.493 e. The van der Waals surface area contributed by atoms with Crippen LogP contribution in [0.25, 0.3) is 0 Å². The van der Waals surface area contributed by atoms with E-state index in [4.69, 9.17) is 10.5 Å². The molecule has 2 atom stereocenters. The molecule has 2 heterocycles. The van der Waals surface area contributed by atoms with E-state index in [9.17, 15) is 8.42 Å². The summed E-state index contributed by atoms with van der Waals surface area (Å²) in [5.74, 6) is 1.34. The first-order chi connectivity index (χ1) is 9.34. The van der Waals surface area contributed by atoms with Gasteiger partial charge in [-0.1, -0.05) is 0 Å². The summed E-state index contributed by atoms with van der Waals surface area (Å²) in [5, 5.41) is 4.30. The fraction of sp³-hybridized carbons (Fsp3) is 0.769. The van der Waals surface area contributed by atoms with Crippen LogP contribution >= 0.6 is 0 Å². The molecule has 0 bridgehead atoms. The Bertz CT molecular complexity index is 565. The molecule has 1 fully saturated rings. The van der Waals surface area contributed by atoms with Crippen LogP contribution in [0.4, 0.5) is 0 Å². The Kier molecular flexibility index (Phi) is 4.39. The normalized spacial score (nSPS) is 23.1. The summed E-state index contributed by atoms with van der Waals surface area (Å²) in [4.78, 5) is 0. The van der Waals surface area contributed by atoms with Gasteiger partial charge in [0.15, 0.2) is 15.6 Å². The second kappa shape index (κ2) is 5.73. The van der Waals surface area contributed by atoms with Gasteiger partial charge in [-0.3, -0.25) is 4.68 Å². The zero-order valence-corrected chi connectivity index (χ0v) is 13.1. The number of nitrogens with zero attached hydrogens (tertiary/aromatic N) is 2. The predicted octanol–water partition coefficient (Wildman–Crippen LogP) is 1.30. The van der Waals surface area contributed by atoms with E-state index in [1.165, 1.54) is 0 Å². The van der Waals surface area contributed by atoms with E-state index in [0.717, 1.165) is 5.69 Å². The van der Waals surface area contributed by atoms with Crippen molar-refractivity contribution < 1.29 is 13.2 Å². The molecular formula is C13H23N3O3S. The fourth-order valence-corrected chi connectivity index (χ4v) is 4.69. The van der Waals surface area contributed by atoms with Crippen molar-refractivity contribution in [3.8, 4) is 5.75 Å². The molecule has 1 saturated heterocycles. The van der Waals surface area contributed by atoms with Crippen molar-refractivity contribution >= 4 is 9.84 Å². The lowest BCUT2D eigenvalue weighted by Crippen LogP contribution is -2.21. The van der Waals surface area contributed by atoms with Gasteiger partial charge in [0.25, 0.3) is 0 Å². The van der Waals surface area contributed by atoms with Crippen LogP contribution in [0.15, 0.2) is 6.20 Å². The smallest absolute Gasteiger partial charge is 0.161 e. The summed E-state index contributed by atoms with van der Waals surface area (Å²) < 4.78 is 30.2. The van der Waals surface area contributed by atoms with Crippen molar-refractivity contribution in [3.63, 3.8) is 0 Å². The second-order valence-corrected chi connectivity index (χ2v) is 7.98. The summed E-state index contributed by atoms with van der Waals surface area (Å²) >= 11 is 0. The van der Waals surface area contributed by atoms with Crippen LogP contribution in [0, 0.1) is 5.92 Å². The molecule has 0 aromatic carbocycles. The number of methoxy groups -OCH3 is 1. The van der Waals surface area contributed by atoms with Crippen LogP contribution < -0.4 is 10.5 Å². The third-order valence-corrected chi connectivity index (χ3v) is 5.61. The molecular weight excluding hydrogens is 278 g/mol. The number of ether oxygens (including phenoxy) is 1. The van der Waals surface area contributed by atoms with E-state index in [2.05, 4.69) is 5.10 Å². The topological polar surface area (TPSA) is 87.2 Å². The van der Waals surface area contributed by atoms with Gasteiger partial charge in [-0.05, 0) is 32.6 Å². The van der Waals surface area contributed by atoms with Crippen molar-refractivity contribution in [2.75, 3.05) is 18.6 Å². The van der Waals surface area contributed by atoms with Crippen molar-refractivity contribution in [1.82, 2.24) is 9.78 Å². The van der Waals surface area contributed by atoms with E-state index < -0.39 is 9.84 Å². The number of hydrogen-bond donors (Lipinski definition) is 1. The average Bonchev–Trinajstić information content (AvgIpc) is 2.92. The molecule has 114 valence electrons. The number of sulfone groups is 1. The molecule has 2 unspecified atom stereocenters. The van der Waals surface area contributed by atoms with E-state index in [0.29, 0.717) is 18.6 Å². The maximum absolute atomic E-state index is 11.5. The Morgan fingerprint density at radius 2 is 2.25 bits per heavy atom. The Morgan fingerprint density at radius 1 is 1.55 bits per heavy atom. The highest BCUT2D eigenvalue weighted by Gasteiger charge is 2.31. The molecule has 0 spiro atoms. The van der Waals surface area contributed by atoms with Crippen molar-refractivity contribution in [1.29, 1.82) is 0 Å². The highest BCUT2D eigenvalue weighted by molar-refractivity contribution is 7.91. The Balaban J connectivity index is 2.16. The van der Waals surface area contributed by atoms with Crippen molar-refractivity contribution in [2.24, 2.45) is 11.7 Å². The van der Waals surface area contributed by atoms with E-state index in [1.54, 1.807) is 13.3 Å². The van der Waals surface area contributed by atoms with Gasteiger partial charge in [-0.2, -0.15) is 5.10 Å². The van der Waals surface area contributed by atoms with Crippen LogP contribution in [0.3, 0.4) is 0 Å². The molecule has 0 radical (unpaired) electrons. The van der Waals surface area contributed by atoms with E-state index in [1.807, 2.05) is 18.5 Å². The monoisotopic (exact) mass is 301 g/mol. The molecule has 1 aromatic heterocycles. The Labute approximate surface area is 120 Å². The van der Waals surface area contributed by atoms with Gasteiger partial charge in [0, 0.05) is 6.04 Å². The lowest BCUT2D eigenvalue weighted by Gasteiger charge is -2.20. The molecule has 1 aliphatic heterocycles. The molecule has 0 aliphatic carbocycles. The number of hydrogen-bond acceptors (Lipinski definition) is 5. The zero-order valence-electron chi connectivity index (χ0n) is 12.2. The highest BCUT2D eigenvalue weighted by Crippen LogP contribution is 2.32. The summed E-state index contributed by atoms with van der Waals surface area (Å²) in [6, 6.07) is -0.0691. The Morgan fingerprint density at radius 3 is 2.75 bits per heavy atom. The van der Waals surface area contributed by atoms with Crippen molar-refractivity contribution in [2.45, 2.75) is 38.8 Å². The molecule has 6 nitrogen and oxygen atoms in total. The minimum Gasteiger partial charge on any atom is -0.493 e. The van der Waals surface area contributed by atoms with Crippen LogP contribution in [0.5, 0.6) is 5.75 Å². The summed E-state index contributed by atoms with van der Waals surface area (Å²) in [6.07, 6.45) is 3.02. The highest BCUT2D eigenvalue weighted by atomic mass is 32.2. The predicted molar refractivity (Wildman–Crippen MR) is 77.5 cm³/mol. The van der Waals surface area contributed by atoms with E-state index in [-0.39, 0.29) is 29.5 Å². The second-order valence-electron chi connectivity index (χ2n) is 5.75. The molecule has 0 amide bonds. The van der Waals surface area contributed by atoms with Crippen LogP contribution in [0.1, 0.15) is 44.5 Å². The van der Waals surface area contributed by atoms with Gasteiger partial charge in [-0.25, -0.2) is 8.42 Å². The molecule has 1 aromatic rings. The zero-order chi connectivity index (χ0) is 14.9. The SMILES string of the molecule is COc1cnn(C(C)C)c1C(N)CC1CCS(=O)(=O)C1. The van der Waals surface area contributed by atoms with Gasteiger partial charge in [0.1, 0.15) is 0 Å². The quantitative estimate of drug-likeness (QED) is 0.885. The minimum atomic E-state index is -2.86. The van der Waals surface area contributed by atoms with Crippen molar-refractivity contribution in [3.05, 3.63) is 11.9 Å². The van der Waals surface area contributed by atoms with Gasteiger partial charge < -0.3 is 10.5 Å². The first-order valence-corrected chi connectivity index (χ1v) is 8.73. The number of rotatable bonds is 5. The van der Waals surface area contributed by atoms with E-state index >= 15 is 0 Å². The van der Waals surface area contributed by atoms with Crippen LogP contribution in [-0.4, -0.2) is 36.8 Å². The van der Waals surface area contributed by atoms with Crippen LogP contribution in [-0.2, 0) is 9.84 Å².